The lowest BCUT2D eigenvalue weighted by Crippen LogP contribution is -2.02. The van der Waals surface area contributed by atoms with Gasteiger partial charge in [0.15, 0.2) is 0 Å². The van der Waals surface area contributed by atoms with Crippen LogP contribution in [0.4, 0.5) is 0 Å². The predicted molar refractivity (Wildman–Crippen MR) is 63.5 cm³/mol. The van der Waals surface area contributed by atoms with Gasteiger partial charge in [-0.3, -0.25) is 4.79 Å². The van der Waals surface area contributed by atoms with Crippen molar-refractivity contribution in [2.24, 2.45) is 0 Å². The molecule has 94 valence electrons. The molecule has 0 saturated carbocycles. The summed E-state index contributed by atoms with van der Waals surface area (Å²) < 4.78 is 9.46. The number of methoxy groups -OCH3 is 2. The summed E-state index contributed by atoms with van der Waals surface area (Å²) in [4.78, 5) is 21.8. The Kier molecular flexibility index (Phi) is 4.76. The zero-order valence-electron chi connectivity index (χ0n) is 10.0. The van der Waals surface area contributed by atoms with E-state index in [0.717, 1.165) is 0 Å². The van der Waals surface area contributed by atoms with E-state index in [1.165, 1.54) is 20.3 Å². The van der Waals surface area contributed by atoms with E-state index in [4.69, 9.17) is 9.84 Å². The number of esters is 1. The number of rotatable bonds is 3. The van der Waals surface area contributed by atoms with Gasteiger partial charge in [-0.05, 0) is 12.1 Å². The first-order valence-electron chi connectivity index (χ1n) is 5.06. The number of carbonyl (C=O) groups is 2. The number of carbonyl (C=O) groups excluding carboxylic acids is 1. The molecule has 1 N–H and O–H groups in total. The molecule has 0 aromatic heterocycles. The molecule has 0 amide bonds. The largest absolute Gasteiger partial charge is 0.495 e. The summed E-state index contributed by atoms with van der Waals surface area (Å²) in [6.07, 6.45) is -0.0586. The van der Waals surface area contributed by atoms with Crippen molar-refractivity contribution in [3.63, 3.8) is 0 Å². The quantitative estimate of drug-likeness (QED) is 0.645. The minimum atomic E-state index is -1.09. The summed E-state index contributed by atoms with van der Waals surface area (Å²) in [6.45, 7) is 0. The Morgan fingerprint density at radius 3 is 2.61 bits per heavy atom. The molecule has 0 aliphatic heterocycles. The van der Waals surface area contributed by atoms with Crippen molar-refractivity contribution < 1.29 is 24.2 Å². The van der Waals surface area contributed by atoms with Gasteiger partial charge in [0.05, 0.1) is 19.8 Å². The second-order valence-corrected chi connectivity index (χ2v) is 3.25. The molecule has 18 heavy (non-hydrogen) atoms. The monoisotopic (exact) mass is 248 g/mol. The second-order valence-electron chi connectivity index (χ2n) is 3.25. The number of carboxylic acids is 1. The average molecular weight is 248 g/mol. The zero-order chi connectivity index (χ0) is 13.5. The van der Waals surface area contributed by atoms with Crippen LogP contribution in [0, 0.1) is 11.8 Å². The summed E-state index contributed by atoms with van der Waals surface area (Å²) in [6, 6.07) is 4.61. The summed E-state index contributed by atoms with van der Waals surface area (Å²) in [5.74, 6) is 3.92. The smallest absolute Gasteiger partial charge is 0.339 e. The molecule has 0 aliphatic rings. The van der Waals surface area contributed by atoms with Gasteiger partial charge >= 0.3 is 11.9 Å². The first kappa shape index (κ1) is 13.6. The van der Waals surface area contributed by atoms with Gasteiger partial charge in [-0.2, -0.15) is 0 Å². The summed E-state index contributed by atoms with van der Waals surface area (Å²) in [5.41, 5.74) is 0.448. The maximum atomic E-state index is 11.0. The Balaban J connectivity index is 3.06. The van der Waals surface area contributed by atoms with Crippen LogP contribution in [0.2, 0.25) is 0 Å². The van der Waals surface area contributed by atoms with E-state index in [9.17, 15) is 9.59 Å². The predicted octanol–water partition coefficient (Wildman–Crippen LogP) is 1.31. The SMILES string of the molecule is COC(=O)CC#Cc1cccc(C(=O)O)c1OC. The fourth-order valence-electron chi connectivity index (χ4n) is 1.31. The highest BCUT2D eigenvalue weighted by atomic mass is 16.5. The van der Waals surface area contributed by atoms with Crippen LogP contribution in [0.3, 0.4) is 0 Å². The third-order valence-corrected chi connectivity index (χ3v) is 2.13. The molecule has 5 heteroatoms. The molecule has 0 spiro atoms. The average Bonchev–Trinajstić information content (AvgIpc) is 2.37. The van der Waals surface area contributed by atoms with E-state index in [2.05, 4.69) is 16.6 Å². The topological polar surface area (TPSA) is 72.8 Å². The number of benzene rings is 1. The third kappa shape index (κ3) is 3.25. The van der Waals surface area contributed by atoms with Crippen LogP contribution in [-0.4, -0.2) is 31.3 Å². The van der Waals surface area contributed by atoms with E-state index in [1.54, 1.807) is 12.1 Å². The number of hydrogen-bond acceptors (Lipinski definition) is 4. The summed E-state index contributed by atoms with van der Waals surface area (Å²) in [7, 11) is 2.64. The van der Waals surface area contributed by atoms with Gasteiger partial charge in [-0.15, -0.1) is 0 Å². The van der Waals surface area contributed by atoms with Crippen LogP contribution >= 0.6 is 0 Å². The molecule has 1 aromatic carbocycles. The Bertz CT molecular complexity index is 522. The number of carboxylic acid groups (broad SMARTS) is 1. The molecule has 0 unspecified atom stereocenters. The van der Waals surface area contributed by atoms with Gasteiger partial charge in [0.25, 0.3) is 0 Å². The Hall–Kier alpha value is -2.48. The Morgan fingerprint density at radius 1 is 1.33 bits per heavy atom. The molecule has 1 rings (SSSR count). The van der Waals surface area contributed by atoms with Gasteiger partial charge in [-0.25, -0.2) is 4.79 Å². The minimum absolute atomic E-state index is 0.0300. The molecule has 0 bridgehead atoms. The second kappa shape index (κ2) is 6.30. The van der Waals surface area contributed by atoms with Crippen LogP contribution in [0.5, 0.6) is 5.75 Å². The van der Waals surface area contributed by atoms with Gasteiger partial charge in [-0.1, -0.05) is 17.9 Å². The highest BCUT2D eigenvalue weighted by Crippen LogP contribution is 2.22. The molecule has 0 heterocycles. The first-order valence-corrected chi connectivity index (χ1v) is 5.06. The Labute approximate surface area is 104 Å². The maximum Gasteiger partial charge on any atom is 0.339 e. The number of ether oxygens (including phenoxy) is 2. The summed E-state index contributed by atoms with van der Waals surface area (Å²) >= 11 is 0. The van der Waals surface area contributed by atoms with Crippen LogP contribution in [0.15, 0.2) is 18.2 Å². The molecule has 0 aliphatic carbocycles. The highest BCUT2D eigenvalue weighted by molar-refractivity contribution is 5.92. The van der Waals surface area contributed by atoms with Crippen molar-refractivity contribution in [2.75, 3.05) is 14.2 Å². The maximum absolute atomic E-state index is 11.0. The van der Waals surface area contributed by atoms with E-state index in [0.29, 0.717) is 5.56 Å². The lowest BCUT2D eigenvalue weighted by molar-refractivity contribution is -0.139. The zero-order valence-corrected chi connectivity index (χ0v) is 10.0. The number of aromatic carboxylic acids is 1. The van der Waals surface area contributed by atoms with Gasteiger partial charge < -0.3 is 14.6 Å². The van der Waals surface area contributed by atoms with Crippen molar-refractivity contribution >= 4 is 11.9 Å². The molecule has 1 aromatic rings. The fraction of sp³-hybridized carbons (Fsp3) is 0.231. The minimum Gasteiger partial charge on any atom is -0.495 e. The van der Waals surface area contributed by atoms with Crippen molar-refractivity contribution in [1.82, 2.24) is 0 Å². The van der Waals surface area contributed by atoms with E-state index < -0.39 is 11.9 Å². The van der Waals surface area contributed by atoms with Gasteiger partial charge in [0.2, 0.25) is 0 Å². The normalized spacial score (nSPS) is 9.00. The third-order valence-electron chi connectivity index (χ3n) is 2.13. The molecular weight excluding hydrogens is 236 g/mol. The van der Waals surface area contributed by atoms with Crippen LogP contribution in [0.25, 0.3) is 0 Å². The van der Waals surface area contributed by atoms with Crippen molar-refractivity contribution in [3.05, 3.63) is 29.3 Å². The fourth-order valence-corrected chi connectivity index (χ4v) is 1.31. The molecule has 0 radical (unpaired) electrons. The van der Waals surface area contributed by atoms with Gasteiger partial charge in [0, 0.05) is 0 Å². The lowest BCUT2D eigenvalue weighted by Gasteiger charge is -2.06. The standard InChI is InChI=1S/C13H12O5/c1-17-11(14)8-4-6-9-5-3-7-10(13(15)16)12(9)18-2/h3,5,7H,8H2,1-2H3,(H,15,16). The van der Waals surface area contributed by atoms with Crippen molar-refractivity contribution in [3.8, 4) is 17.6 Å². The van der Waals surface area contributed by atoms with Crippen LogP contribution in [-0.2, 0) is 9.53 Å². The number of hydrogen-bond donors (Lipinski definition) is 1. The molecule has 0 fully saturated rings. The number of para-hydroxylation sites is 1. The highest BCUT2D eigenvalue weighted by Gasteiger charge is 2.13. The van der Waals surface area contributed by atoms with Crippen LogP contribution in [0.1, 0.15) is 22.3 Å². The van der Waals surface area contributed by atoms with Crippen LogP contribution < -0.4 is 4.74 Å². The van der Waals surface area contributed by atoms with Gasteiger partial charge in [0.1, 0.15) is 17.7 Å². The van der Waals surface area contributed by atoms with Crippen molar-refractivity contribution in [1.29, 1.82) is 0 Å². The summed E-state index contributed by atoms with van der Waals surface area (Å²) in [5, 5.41) is 8.97. The molecule has 0 atom stereocenters. The van der Waals surface area contributed by atoms with E-state index >= 15 is 0 Å². The van der Waals surface area contributed by atoms with E-state index in [-0.39, 0.29) is 17.7 Å². The van der Waals surface area contributed by atoms with E-state index in [1.807, 2.05) is 0 Å². The molecule has 0 saturated heterocycles. The Morgan fingerprint density at radius 2 is 2.06 bits per heavy atom. The van der Waals surface area contributed by atoms with Crippen molar-refractivity contribution in [2.45, 2.75) is 6.42 Å². The molecule has 5 nitrogen and oxygen atoms in total. The first-order chi connectivity index (χ1) is 8.60. The lowest BCUT2D eigenvalue weighted by atomic mass is 10.1. The molecular formula is C13H12O5.